The maximum atomic E-state index is 12.5. The van der Waals surface area contributed by atoms with E-state index in [1.165, 1.54) is 0 Å². The van der Waals surface area contributed by atoms with Gasteiger partial charge >= 0.3 is 6.18 Å². The van der Waals surface area contributed by atoms with Crippen LogP contribution in [0.15, 0.2) is 42.6 Å². The number of halogens is 3. The topological polar surface area (TPSA) is 26.0 Å². The molecule has 1 aromatic carbocycles. The Morgan fingerprint density at radius 3 is 2.20 bits per heavy atom. The Morgan fingerprint density at radius 1 is 1.27 bits per heavy atom. The Bertz CT molecular complexity index is 329. The van der Waals surface area contributed by atoms with Crippen LogP contribution < -0.4 is 5.73 Å². The summed E-state index contributed by atoms with van der Waals surface area (Å²) in [4.78, 5) is 0. The van der Waals surface area contributed by atoms with Gasteiger partial charge in [-0.2, -0.15) is 13.2 Å². The molecule has 15 heavy (non-hydrogen) atoms. The predicted molar refractivity (Wildman–Crippen MR) is 53.0 cm³/mol. The molecule has 1 atom stereocenters. The first-order valence-electron chi connectivity index (χ1n) is 4.46. The van der Waals surface area contributed by atoms with E-state index in [1.807, 2.05) is 0 Å². The van der Waals surface area contributed by atoms with Gasteiger partial charge in [0.15, 0.2) is 0 Å². The molecule has 0 heterocycles. The second kappa shape index (κ2) is 4.38. The quantitative estimate of drug-likeness (QED) is 0.824. The molecule has 82 valence electrons. The molecule has 0 radical (unpaired) electrons. The number of nitrogens with two attached hydrogens (primary N) is 1. The van der Waals surface area contributed by atoms with Crippen LogP contribution in [0.2, 0.25) is 0 Å². The zero-order valence-corrected chi connectivity index (χ0v) is 8.09. The van der Waals surface area contributed by atoms with Crippen molar-refractivity contribution >= 4 is 0 Å². The average molecular weight is 215 g/mol. The first-order valence-corrected chi connectivity index (χ1v) is 4.46. The summed E-state index contributed by atoms with van der Waals surface area (Å²) in [5.41, 5.74) is 5.42. The monoisotopic (exact) mass is 215 g/mol. The van der Waals surface area contributed by atoms with E-state index >= 15 is 0 Å². The van der Waals surface area contributed by atoms with Crippen molar-refractivity contribution in [2.75, 3.05) is 0 Å². The molecule has 0 aliphatic rings. The SMILES string of the molecule is C=C(N)C(Cc1ccccc1)C(F)(F)F. The first kappa shape index (κ1) is 11.6. The Labute approximate surface area is 86.4 Å². The molecule has 1 nitrogen and oxygen atoms in total. The van der Waals surface area contributed by atoms with Crippen molar-refractivity contribution in [3.63, 3.8) is 0 Å². The van der Waals surface area contributed by atoms with Gasteiger partial charge in [0.05, 0.1) is 5.92 Å². The summed E-state index contributed by atoms with van der Waals surface area (Å²) < 4.78 is 37.5. The normalized spacial score (nSPS) is 13.5. The third-order valence-corrected chi connectivity index (χ3v) is 2.13. The summed E-state index contributed by atoms with van der Waals surface area (Å²) in [6.45, 7) is 3.18. The summed E-state index contributed by atoms with van der Waals surface area (Å²) in [5.74, 6) is -1.67. The van der Waals surface area contributed by atoms with E-state index in [9.17, 15) is 13.2 Å². The summed E-state index contributed by atoms with van der Waals surface area (Å²) in [5, 5.41) is 0. The van der Waals surface area contributed by atoms with Crippen LogP contribution >= 0.6 is 0 Å². The number of rotatable bonds is 3. The number of allylic oxidation sites excluding steroid dienone is 1. The van der Waals surface area contributed by atoms with Crippen LogP contribution in [0.25, 0.3) is 0 Å². The Balaban J connectivity index is 2.82. The van der Waals surface area contributed by atoms with Gasteiger partial charge < -0.3 is 5.73 Å². The molecule has 0 amide bonds. The molecule has 1 unspecified atom stereocenters. The largest absolute Gasteiger partial charge is 0.402 e. The molecule has 0 fully saturated rings. The highest BCUT2D eigenvalue weighted by atomic mass is 19.4. The van der Waals surface area contributed by atoms with Crippen LogP contribution in [0, 0.1) is 5.92 Å². The van der Waals surface area contributed by atoms with Crippen molar-refractivity contribution in [2.45, 2.75) is 12.6 Å². The van der Waals surface area contributed by atoms with Gasteiger partial charge in [0.1, 0.15) is 0 Å². The fourth-order valence-electron chi connectivity index (χ4n) is 1.31. The molecule has 1 aromatic rings. The Hall–Kier alpha value is -1.45. The maximum absolute atomic E-state index is 12.5. The van der Waals surface area contributed by atoms with E-state index in [0.29, 0.717) is 5.56 Å². The molecule has 0 aliphatic heterocycles. The Kier molecular flexibility index (Phi) is 3.39. The second-order valence-electron chi connectivity index (χ2n) is 3.36. The smallest absolute Gasteiger partial charge is 0.397 e. The molecule has 0 aromatic heterocycles. The minimum Gasteiger partial charge on any atom is -0.402 e. The predicted octanol–water partition coefficient (Wildman–Crippen LogP) is 2.88. The third kappa shape index (κ3) is 3.31. The summed E-state index contributed by atoms with van der Waals surface area (Å²) in [6.07, 6.45) is -4.48. The van der Waals surface area contributed by atoms with Crippen molar-refractivity contribution in [2.24, 2.45) is 11.7 Å². The first-order chi connectivity index (χ1) is 6.91. The Morgan fingerprint density at radius 2 is 1.80 bits per heavy atom. The van der Waals surface area contributed by atoms with E-state index in [2.05, 4.69) is 6.58 Å². The maximum Gasteiger partial charge on any atom is 0.397 e. The zero-order chi connectivity index (χ0) is 11.5. The average Bonchev–Trinajstić information content (AvgIpc) is 2.13. The van der Waals surface area contributed by atoms with Gasteiger partial charge in [-0.3, -0.25) is 0 Å². The van der Waals surface area contributed by atoms with Gasteiger partial charge in [0.2, 0.25) is 0 Å². The minimum atomic E-state index is -4.33. The van der Waals surface area contributed by atoms with E-state index in [-0.39, 0.29) is 12.1 Å². The summed E-state index contributed by atoms with van der Waals surface area (Å²) in [7, 11) is 0. The number of hydrogen-bond donors (Lipinski definition) is 1. The number of benzene rings is 1. The van der Waals surface area contributed by atoms with Gasteiger partial charge in [-0.05, 0) is 12.0 Å². The lowest BCUT2D eigenvalue weighted by atomic mass is 9.96. The van der Waals surface area contributed by atoms with Crippen LogP contribution in [0.4, 0.5) is 13.2 Å². The van der Waals surface area contributed by atoms with E-state index in [0.717, 1.165) is 0 Å². The van der Waals surface area contributed by atoms with Crippen molar-refractivity contribution < 1.29 is 13.2 Å². The molecule has 2 N–H and O–H groups in total. The summed E-state index contributed by atoms with van der Waals surface area (Å²) in [6, 6.07) is 8.43. The van der Waals surface area contributed by atoms with Crippen LogP contribution in [0.3, 0.4) is 0 Å². The lowest BCUT2D eigenvalue weighted by Crippen LogP contribution is -2.29. The molecule has 0 saturated carbocycles. The minimum absolute atomic E-state index is 0.153. The van der Waals surface area contributed by atoms with Crippen molar-refractivity contribution in [3.05, 3.63) is 48.2 Å². The lowest BCUT2D eigenvalue weighted by molar-refractivity contribution is -0.163. The molecule has 0 bridgehead atoms. The lowest BCUT2D eigenvalue weighted by Gasteiger charge is -2.19. The second-order valence-corrected chi connectivity index (χ2v) is 3.36. The fourth-order valence-corrected chi connectivity index (χ4v) is 1.31. The van der Waals surface area contributed by atoms with Gasteiger partial charge in [-0.1, -0.05) is 36.9 Å². The van der Waals surface area contributed by atoms with Gasteiger partial charge in [0, 0.05) is 5.70 Å². The third-order valence-electron chi connectivity index (χ3n) is 2.13. The molecule has 0 spiro atoms. The van der Waals surface area contributed by atoms with Crippen LogP contribution in [-0.2, 0) is 6.42 Å². The van der Waals surface area contributed by atoms with E-state index in [1.54, 1.807) is 30.3 Å². The van der Waals surface area contributed by atoms with Gasteiger partial charge in [-0.15, -0.1) is 0 Å². The van der Waals surface area contributed by atoms with Crippen molar-refractivity contribution in [1.29, 1.82) is 0 Å². The highest BCUT2D eigenvalue weighted by molar-refractivity contribution is 5.18. The highest BCUT2D eigenvalue weighted by Crippen LogP contribution is 2.31. The van der Waals surface area contributed by atoms with Crippen LogP contribution in [-0.4, -0.2) is 6.18 Å². The molecular weight excluding hydrogens is 203 g/mol. The molecule has 4 heteroatoms. The number of alkyl halides is 3. The molecule has 0 saturated heterocycles. The standard InChI is InChI=1S/C11H12F3N/c1-8(15)10(11(12,13)14)7-9-5-3-2-4-6-9/h2-6,10H,1,7,15H2. The van der Waals surface area contributed by atoms with Crippen LogP contribution in [0.5, 0.6) is 0 Å². The van der Waals surface area contributed by atoms with E-state index in [4.69, 9.17) is 5.73 Å². The van der Waals surface area contributed by atoms with Gasteiger partial charge in [0.25, 0.3) is 0 Å². The highest BCUT2D eigenvalue weighted by Gasteiger charge is 2.40. The molecule has 0 aliphatic carbocycles. The zero-order valence-electron chi connectivity index (χ0n) is 8.09. The fraction of sp³-hybridized carbons (Fsp3) is 0.273. The molecular formula is C11H12F3N. The van der Waals surface area contributed by atoms with E-state index < -0.39 is 12.1 Å². The van der Waals surface area contributed by atoms with Crippen LogP contribution in [0.1, 0.15) is 5.56 Å². The van der Waals surface area contributed by atoms with Crippen molar-refractivity contribution in [1.82, 2.24) is 0 Å². The number of hydrogen-bond acceptors (Lipinski definition) is 1. The van der Waals surface area contributed by atoms with Gasteiger partial charge in [-0.25, -0.2) is 0 Å². The summed E-state index contributed by atoms with van der Waals surface area (Å²) >= 11 is 0. The molecule has 1 rings (SSSR count). The van der Waals surface area contributed by atoms with Crippen molar-refractivity contribution in [3.8, 4) is 0 Å².